The molecule has 4 aromatic rings. The fourth-order valence-corrected chi connectivity index (χ4v) is 7.23. The fraction of sp³-hybridized carbons (Fsp3) is 0.143. The van der Waals surface area contributed by atoms with E-state index in [-0.39, 0.29) is 18.6 Å². The first-order valence-corrected chi connectivity index (χ1v) is 13.6. The van der Waals surface area contributed by atoms with Crippen LogP contribution >= 0.6 is 0 Å². The Hall–Kier alpha value is -4.61. The number of ether oxygens (including phenoxy) is 1. The Kier molecular flexibility index (Phi) is 5.89. The number of carbonyl (C=O) groups excluding carboxylic acids is 2. The Morgan fingerprint density at radius 2 is 1.72 bits per heavy atom. The quantitative estimate of drug-likeness (QED) is 0.215. The molecule has 0 spiro atoms. The predicted octanol–water partition coefficient (Wildman–Crippen LogP) is 4.45. The largest absolute Gasteiger partial charge is 0.457 e. The summed E-state index contributed by atoms with van der Waals surface area (Å²) in [5, 5.41) is 12.3. The standard InChI is InChI=1S/C28H21N3O7S/c32-27-24-18-10-4-5-11-20(18)29-25(24)22-15-14-19(28(33)38-16-17-8-2-1-3-9-17)26(27)30(22)39(36,37)23-13-7-6-12-21(23)31(34)35/h1-14,22,26,29H,15-16H2. The fourth-order valence-electron chi connectivity index (χ4n) is 5.34. The number of H-pyrrole nitrogens is 1. The molecule has 0 aliphatic carbocycles. The number of sulfonamides is 1. The lowest BCUT2D eigenvalue weighted by Gasteiger charge is -2.42. The van der Waals surface area contributed by atoms with E-state index < -0.39 is 49.4 Å². The SMILES string of the molecule is O=C(OCc1ccccc1)C1=CCC2c3[nH]c4ccccc4c3C(=O)C1N2S(=O)(=O)c1ccccc1[N+](=O)[O-]. The van der Waals surface area contributed by atoms with Crippen molar-refractivity contribution in [2.45, 2.75) is 30.0 Å². The third kappa shape index (κ3) is 3.94. The van der Waals surface area contributed by atoms with Gasteiger partial charge in [-0.3, -0.25) is 14.9 Å². The minimum Gasteiger partial charge on any atom is -0.457 e. The molecule has 0 amide bonds. The van der Waals surface area contributed by atoms with Crippen LogP contribution in [-0.2, 0) is 26.2 Å². The number of carbonyl (C=O) groups is 2. The van der Waals surface area contributed by atoms with Gasteiger partial charge >= 0.3 is 5.97 Å². The van der Waals surface area contributed by atoms with Crippen molar-refractivity contribution < 1.29 is 27.7 Å². The summed E-state index contributed by atoms with van der Waals surface area (Å²) in [6.45, 7) is -0.0728. The van der Waals surface area contributed by atoms with Crippen LogP contribution in [0.5, 0.6) is 0 Å². The maximum absolute atomic E-state index is 14.1. The van der Waals surface area contributed by atoms with Crippen molar-refractivity contribution in [2.24, 2.45) is 0 Å². The van der Waals surface area contributed by atoms with Crippen molar-refractivity contribution in [3.8, 4) is 0 Å². The number of nitrogens with zero attached hydrogens (tertiary/aromatic N) is 2. The molecule has 2 unspecified atom stereocenters. The van der Waals surface area contributed by atoms with Crippen LogP contribution < -0.4 is 0 Å². The lowest BCUT2D eigenvalue weighted by molar-refractivity contribution is -0.387. The van der Waals surface area contributed by atoms with Crippen LogP contribution in [0.1, 0.15) is 34.1 Å². The zero-order chi connectivity index (χ0) is 27.3. The Morgan fingerprint density at radius 1 is 1.03 bits per heavy atom. The van der Waals surface area contributed by atoms with E-state index in [1.807, 2.05) is 6.07 Å². The molecule has 2 aliphatic rings. The van der Waals surface area contributed by atoms with Gasteiger partial charge < -0.3 is 9.72 Å². The maximum Gasteiger partial charge on any atom is 0.336 e. The van der Waals surface area contributed by atoms with Gasteiger partial charge in [-0.05, 0) is 24.1 Å². The molecule has 10 nitrogen and oxygen atoms in total. The van der Waals surface area contributed by atoms with Crippen molar-refractivity contribution in [3.63, 3.8) is 0 Å². The molecule has 196 valence electrons. The van der Waals surface area contributed by atoms with Crippen LogP contribution in [-0.4, -0.2) is 40.4 Å². The number of nitro benzene ring substituents is 1. The normalized spacial score (nSPS) is 18.9. The summed E-state index contributed by atoms with van der Waals surface area (Å²) >= 11 is 0. The van der Waals surface area contributed by atoms with Crippen molar-refractivity contribution in [3.05, 3.63) is 117 Å². The first-order chi connectivity index (χ1) is 18.8. The van der Waals surface area contributed by atoms with Crippen LogP contribution in [0.2, 0.25) is 0 Å². The van der Waals surface area contributed by atoms with Gasteiger partial charge in [-0.25, -0.2) is 13.2 Å². The van der Waals surface area contributed by atoms with Gasteiger partial charge in [0.1, 0.15) is 12.6 Å². The molecule has 0 radical (unpaired) electrons. The van der Waals surface area contributed by atoms with Gasteiger partial charge in [0.05, 0.1) is 16.5 Å². The van der Waals surface area contributed by atoms with E-state index in [1.165, 1.54) is 18.2 Å². The average molecular weight is 544 g/mol. The molecule has 3 aromatic carbocycles. The van der Waals surface area contributed by atoms with E-state index >= 15 is 0 Å². The molecule has 2 aliphatic heterocycles. The van der Waals surface area contributed by atoms with Gasteiger partial charge in [-0.1, -0.05) is 66.7 Å². The maximum atomic E-state index is 14.1. The Bertz CT molecular complexity index is 1790. The van der Waals surface area contributed by atoms with E-state index in [0.29, 0.717) is 22.2 Å². The minimum absolute atomic E-state index is 0.0548. The first kappa shape index (κ1) is 24.7. The number of nitro groups is 1. The zero-order valence-electron chi connectivity index (χ0n) is 20.3. The van der Waals surface area contributed by atoms with E-state index in [2.05, 4.69) is 4.98 Å². The number of hydrogen-bond acceptors (Lipinski definition) is 7. The molecule has 1 N–H and O–H groups in total. The van der Waals surface area contributed by atoms with Gasteiger partial charge in [0.2, 0.25) is 0 Å². The summed E-state index contributed by atoms with van der Waals surface area (Å²) in [6, 6.07) is 18.5. The topological polar surface area (TPSA) is 140 Å². The third-order valence-electron chi connectivity index (χ3n) is 7.05. The molecule has 2 bridgehead atoms. The van der Waals surface area contributed by atoms with Gasteiger partial charge in [0.15, 0.2) is 10.7 Å². The number of ketones is 1. The molecule has 2 atom stereocenters. The van der Waals surface area contributed by atoms with Crippen molar-refractivity contribution >= 4 is 38.4 Å². The second-order valence-electron chi connectivity index (χ2n) is 9.26. The molecule has 0 saturated heterocycles. The first-order valence-electron chi connectivity index (χ1n) is 12.1. The molecule has 11 heteroatoms. The van der Waals surface area contributed by atoms with E-state index in [0.717, 1.165) is 22.0 Å². The second kappa shape index (κ2) is 9.29. The van der Waals surface area contributed by atoms with Crippen LogP contribution in [0.4, 0.5) is 5.69 Å². The van der Waals surface area contributed by atoms with E-state index in [1.54, 1.807) is 48.5 Å². The molecule has 1 aromatic heterocycles. The highest BCUT2D eigenvalue weighted by molar-refractivity contribution is 7.89. The third-order valence-corrected chi connectivity index (χ3v) is 8.97. The van der Waals surface area contributed by atoms with Crippen LogP contribution in [0, 0.1) is 10.1 Å². The molecule has 39 heavy (non-hydrogen) atoms. The van der Waals surface area contributed by atoms with Gasteiger partial charge in [-0.2, -0.15) is 4.31 Å². The van der Waals surface area contributed by atoms with Crippen LogP contribution in [0.15, 0.2) is 95.4 Å². The second-order valence-corrected chi connectivity index (χ2v) is 11.1. The number of rotatable bonds is 6. The van der Waals surface area contributed by atoms with Crippen molar-refractivity contribution in [1.82, 2.24) is 9.29 Å². The monoisotopic (exact) mass is 543 g/mol. The van der Waals surface area contributed by atoms with Gasteiger partial charge in [0.25, 0.3) is 15.7 Å². The number of benzene rings is 3. The Labute approximate surface area is 222 Å². The molecule has 6 rings (SSSR count). The van der Waals surface area contributed by atoms with Crippen LogP contribution in [0.3, 0.4) is 0 Å². The Balaban J connectivity index is 1.49. The summed E-state index contributed by atoms with van der Waals surface area (Å²) in [5.41, 5.74) is 1.30. The molecule has 0 fully saturated rings. The summed E-state index contributed by atoms with van der Waals surface area (Å²) < 4.78 is 34.7. The lowest BCUT2D eigenvalue weighted by atomic mass is 9.83. The number of aromatic amines is 1. The summed E-state index contributed by atoms with van der Waals surface area (Å²) in [4.78, 5) is 41.0. The Morgan fingerprint density at radius 3 is 2.49 bits per heavy atom. The highest BCUT2D eigenvalue weighted by Gasteiger charge is 2.54. The number of aromatic nitrogens is 1. The van der Waals surface area contributed by atoms with Crippen LogP contribution in [0.25, 0.3) is 10.9 Å². The van der Waals surface area contributed by atoms with E-state index in [9.17, 15) is 28.1 Å². The molecule has 0 saturated carbocycles. The van der Waals surface area contributed by atoms with Crippen molar-refractivity contribution in [1.29, 1.82) is 0 Å². The number of hydrogen-bond donors (Lipinski definition) is 1. The van der Waals surface area contributed by atoms with Gasteiger partial charge in [0, 0.05) is 28.2 Å². The summed E-state index contributed by atoms with van der Waals surface area (Å²) in [7, 11) is -4.64. The minimum atomic E-state index is -4.64. The summed E-state index contributed by atoms with van der Waals surface area (Å²) in [6.07, 6.45) is 1.58. The molecule has 3 heterocycles. The average Bonchev–Trinajstić information content (AvgIpc) is 3.34. The number of Topliss-reactive ketones (excluding diaryl/α,β-unsaturated/α-hetero) is 1. The van der Waals surface area contributed by atoms with Crippen molar-refractivity contribution in [2.75, 3.05) is 0 Å². The number of para-hydroxylation sites is 2. The number of fused-ring (bicyclic) bond motifs is 6. The highest BCUT2D eigenvalue weighted by Crippen LogP contribution is 2.47. The predicted molar refractivity (Wildman–Crippen MR) is 140 cm³/mol. The zero-order valence-corrected chi connectivity index (χ0v) is 21.1. The number of esters is 1. The molecular weight excluding hydrogens is 522 g/mol. The lowest BCUT2D eigenvalue weighted by Crippen LogP contribution is -2.54. The highest BCUT2D eigenvalue weighted by atomic mass is 32.2. The molecular formula is C28H21N3O7S. The van der Waals surface area contributed by atoms with E-state index in [4.69, 9.17) is 4.74 Å². The van der Waals surface area contributed by atoms with Gasteiger partial charge in [-0.15, -0.1) is 0 Å². The summed E-state index contributed by atoms with van der Waals surface area (Å²) in [5.74, 6) is -1.44. The smallest absolute Gasteiger partial charge is 0.336 e. The number of nitrogens with one attached hydrogen (secondary N) is 1.